The molecule has 5 heteroatoms. The highest BCUT2D eigenvalue weighted by molar-refractivity contribution is 5.53. The van der Waals surface area contributed by atoms with Crippen molar-refractivity contribution in [2.75, 3.05) is 18.5 Å². The van der Waals surface area contributed by atoms with Crippen molar-refractivity contribution >= 4 is 5.69 Å². The van der Waals surface area contributed by atoms with E-state index in [9.17, 15) is 4.39 Å². The van der Waals surface area contributed by atoms with Crippen LogP contribution in [0.15, 0.2) is 54.6 Å². The molecule has 2 aromatic rings. The fourth-order valence-electron chi connectivity index (χ4n) is 3.55. The highest BCUT2D eigenvalue weighted by atomic mass is 19.1. The van der Waals surface area contributed by atoms with Gasteiger partial charge in [0.25, 0.3) is 0 Å². The molecule has 1 aliphatic rings. The molecule has 1 heterocycles. The van der Waals surface area contributed by atoms with E-state index in [0.717, 1.165) is 22.6 Å². The number of ether oxygens (including phenoxy) is 3. The van der Waals surface area contributed by atoms with E-state index in [-0.39, 0.29) is 18.0 Å². The van der Waals surface area contributed by atoms with Crippen molar-refractivity contribution in [1.29, 1.82) is 0 Å². The monoisotopic (exact) mass is 399 g/mol. The summed E-state index contributed by atoms with van der Waals surface area (Å²) in [5.41, 5.74) is 2.42. The van der Waals surface area contributed by atoms with Crippen LogP contribution < -0.4 is 10.1 Å². The van der Waals surface area contributed by atoms with E-state index in [4.69, 9.17) is 14.2 Å². The SMILES string of the molecule is CC=CCOC1C(OCC)c2cc(NCc3ccc(F)cc3)ccc2OC1(C)C. The first-order valence-corrected chi connectivity index (χ1v) is 10.1. The molecule has 1 N–H and O–H groups in total. The lowest BCUT2D eigenvalue weighted by atomic mass is 9.88. The van der Waals surface area contributed by atoms with Crippen LogP contribution in [0.4, 0.5) is 10.1 Å². The number of nitrogens with one attached hydrogen (secondary N) is 1. The van der Waals surface area contributed by atoms with E-state index in [2.05, 4.69) is 11.4 Å². The topological polar surface area (TPSA) is 39.7 Å². The standard InChI is InChI=1S/C24H30FNO3/c1-5-7-14-28-23-22(27-6-2)20-15-19(12-13-21(20)29-24(23,3)4)26-16-17-8-10-18(25)11-9-17/h5,7-13,15,22-23,26H,6,14,16H2,1-4H3. The van der Waals surface area contributed by atoms with Crippen molar-refractivity contribution < 1.29 is 18.6 Å². The second-order valence-corrected chi connectivity index (χ2v) is 7.64. The second-order valence-electron chi connectivity index (χ2n) is 7.64. The molecule has 156 valence electrons. The van der Waals surface area contributed by atoms with E-state index in [0.29, 0.717) is 19.8 Å². The van der Waals surface area contributed by atoms with Crippen molar-refractivity contribution in [3.05, 3.63) is 71.6 Å². The van der Waals surface area contributed by atoms with Gasteiger partial charge in [-0.2, -0.15) is 0 Å². The Kier molecular flexibility index (Phi) is 6.93. The van der Waals surface area contributed by atoms with Crippen molar-refractivity contribution in [3.8, 4) is 5.75 Å². The number of rotatable bonds is 8. The summed E-state index contributed by atoms with van der Waals surface area (Å²) in [7, 11) is 0. The summed E-state index contributed by atoms with van der Waals surface area (Å²) in [6, 6.07) is 12.5. The van der Waals surface area contributed by atoms with Crippen molar-refractivity contribution in [2.45, 2.75) is 52.0 Å². The summed E-state index contributed by atoms with van der Waals surface area (Å²) in [6.45, 7) is 9.71. The fraction of sp³-hybridized carbons (Fsp3) is 0.417. The van der Waals surface area contributed by atoms with Crippen LogP contribution in [0.1, 0.15) is 44.9 Å². The van der Waals surface area contributed by atoms with Crippen LogP contribution in [-0.4, -0.2) is 24.9 Å². The van der Waals surface area contributed by atoms with Gasteiger partial charge < -0.3 is 19.5 Å². The molecule has 0 saturated heterocycles. The van der Waals surface area contributed by atoms with Crippen LogP contribution >= 0.6 is 0 Å². The normalized spacial score (nSPS) is 20.3. The molecule has 0 fully saturated rings. The number of hydrogen-bond acceptors (Lipinski definition) is 4. The van der Waals surface area contributed by atoms with Gasteiger partial charge in [0.05, 0.1) is 6.61 Å². The average molecular weight is 400 g/mol. The van der Waals surface area contributed by atoms with Crippen molar-refractivity contribution in [3.63, 3.8) is 0 Å². The predicted octanol–water partition coefficient (Wildman–Crippen LogP) is 5.65. The molecule has 2 unspecified atom stereocenters. The maximum atomic E-state index is 13.1. The zero-order valence-electron chi connectivity index (χ0n) is 17.6. The van der Waals surface area contributed by atoms with Gasteiger partial charge in [0.15, 0.2) is 0 Å². The van der Waals surface area contributed by atoms with Crippen molar-refractivity contribution in [1.82, 2.24) is 0 Å². The molecule has 2 atom stereocenters. The highest BCUT2D eigenvalue weighted by Crippen LogP contribution is 2.44. The Hall–Kier alpha value is -2.37. The molecule has 0 amide bonds. The van der Waals surface area contributed by atoms with E-state index in [1.54, 1.807) is 12.1 Å². The van der Waals surface area contributed by atoms with E-state index < -0.39 is 5.60 Å². The Morgan fingerprint density at radius 1 is 1.14 bits per heavy atom. The summed E-state index contributed by atoms with van der Waals surface area (Å²) in [6.07, 6.45) is 3.49. The Balaban J connectivity index is 1.83. The Bertz CT molecular complexity index is 833. The number of benzene rings is 2. The minimum absolute atomic E-state index is 0.225. The summed E-state index contributed by atoms with van der Waals surface area (Å²) in [5, 5.41) is 3.40. The minimum Gasteiger partial charge on any atom is -0.485 e. The Morgan fingerprint density at radius 3 is 2.59 bits per heavy atom. The zero-order chi connectivity index (χ0) is 20.9. The van der Waals surface area contributed by atoms with E-state index in [1.807, 2.05) is 52.0 Å². The molecule has 0 saturated carbocycles. The third-order valence-corrected chi connectivity index (χ3v) is 5.01. The molecule has 2 aromatic carbocycles. The van der Waals surface area contributed by atoms with Crippen LogP contribution in [-0.2, 0) is 16.0 Å². The lowest BCUT2D eigenvalue weighted by Gasteiger charge is -2.44. The van der Waals surface area contributed by atoms with Gasteiger partial charge in [-0.3, -0.25) is 0 Å². The van der Waals surface area contributed by atoms with Gasteiger partial charge in [-0.1, -0.05) is 24.3 Å². The fourth-order valence-corrected chi connectivity index (χ4v) is 3.55. The second kappa shape index (κ2) is 9.42. The summed E-state index contributed by atoms with van der Waals surface area (Å²) in [4.78, 5) is 0. The third kappa shape index (κ3) is 5.17. The van der Waals surface area contributed by atoms with Crippen LogP contribution in [0.5, 0.6) is 5.75 Å². The first-order chi connectivity index (χ1) is 13.9. The molecule has 0 bridgehead atoms. The molecule has 0 radical (unpaired) electrons. The number of hydrogen-bond donors (Lipinski definition) is 1. The van der Waals surface area contributed by atoms with Crippen molar-refractivity contribution in [2.24, 2.45) is 0 Å². The molecule has 1 aliphatic heterocycles. The summed E-state index contributed by atoms with van der Waals surface area (Å²) < 4.78 is 31.6. The number of allylic oxidation sites excluding steroid dienone is 1. The minimum atomic E-state index is -0.516. The summed E-state index contributed by atoms with van der Waals surface area (Å²) >= 11 is 0. The van der Waals surface area contributed by atoms with Gasteiger partial charge in [0.1, 0.15) is 29.4 Å². The van der Waals surface area contributed by atoms with E-state index in [1.165, 1.54) is 12.1 Å². The Labute approximate surface area is 172 Å². The van der Waals surface area contributed by atoms with Crippen LogP contribution in [0.3, 0.4) is 0 Å². The maximum absolute atomic E-state index is 13.1. The molecule has 4 nitrogen and oxygen atoms in total. The van der Waals surface area contributed by atoms with Gasteiger partial charge in [-0.15, -0.1) is 0 Å². The van der Waals surface area contributed by atoms with Crippen LogP contribution in [0, 0.1) is 5.82 Å². The third-order valence-electron chi connectivity index (χ3n) is 5.01. The molecule has 3 rings (SSSR count). The molecular formula is C24H30FNO3. The number of halogens is 1. The molecule has 0 spiro atoms. The quantitative estimate of drug-likeness (QED) is 0.583. The van der Waals surface area contributed by atoms with Gasteiger partial charge >= 0.3 is 0 Å². The lowest BCUT2D eigenvalue weighted by molar-refractivity contribution is -0.155. The average Bonchev–Trinajstić information content (AvgIpc) is 2.69. The zero-order valence-corrected chi connectivity index (χ0v) is 17.6. The number of fused-ring (bicyclic) bond motifs is 1. The first kappa shape index (κ1) is 21.3. The van der Waals surface area contributed by atoms with Gasteiger partial charge in [-0.05, 0) is 63.6 Å². The molecule has 29 heavy (non-hydrogen) atoms. The predicted molar refractivity (Wildman–Crippen MR) is 114 cm³/mol. The number of anilines is 1. The molecular weight excluding hydrogens is 369 g/mol. The van der Waals surface area contributed by atoms with Gasteiger partial charge in [-0.25, -0.2) is 4.39 Å². The highest BCUT2D eigenvalue weighted by Gasteiger charge is 2.45. The van der Waals surface area contributed by atoms with E-state index >= 15 is 0 Å². The Morgan fingerprint density at radius 2 is 1.90 bits per heavy atom. The molecule has 0 aromatic heterocycles. The van der Waals surface area contributed by atoms with Gasteiger partial charge in [0.2, 0.25) is 0 Å². The van der Waals surface area contributed by atoms with Crippen LogP contribution in [0.25, 0.3) is 0 Å². The molecule has 0 aliphatic carbocycles. The summed E-state index contributed by atoms with van der Waals surface area (Å²) in [5.74, 6) is 0.581. The largest absolute Gasteiger partial charge is 0.485 e. The van der Waals surface area contributed by atoms with Crippen LogP contribution in [0.2, 0.25) is 0 Å². The first-order valence-electron chi connectivity index (χ1n) is 10.1. The lowest BCUT2D eigenvalue weighted by Crippen LogP contribution is -2.51. The smallest absolute Gasteiger partial charge is 0.132 e. The maximum Gasteiger partial charge on any atom is 0.132 e. The van der Waals surface area contributed by atoms with Gasteiger partial charge in [0, 0.05) is 24.4 Å².